The maximum absolute atomic E-state index is 4.18. The van der Waals surface area contributed by atoms with Crippen molar-refractivity contribution >= 4 is 21.7 Å². The van der Waals surface area contributed by atoms with Crippen LogP contribution in [-0.4, -0.2) is 35.0 Å². The van der Waals surface area contributed by atoms with Gasteiger partial charge in [0.25, 0.3) is 0 Å². The standard InChI is InChI=1S/C15H19BrN4/c1-20(11-13-6-3-2-4-7-13)9-5-8-18-15-14(16)10-17-12-19-15/h2-4,6-7,10,12H,5,8-9,11H2,1H3,(H,17,18,19). The molecule has 1 aromatic carbocycles. The average Bonchev–Trinajstić information content (AvgIpc) is 2.46. The molecule has 0 atom stereocenters. The molecule has 0 aliphatic rings. The van der Waals surface area contributed by atoms with Crippen molar-refractivity contribution in [2.75, 3.05) is 25.5 Å². The number of anilines is 1. The topological polar surface area (TPSA) is 41.0 Å². The third-order valence-corrected chi connectivity index (χ3v) is 3.55. The van der Waals surface area contributed by atoms with Crippen molar-refractivity contribution in [3.63, 3.8) is 0 Å². The second kappa shape index (κ2) is 7.97. The van der Waals surface area contributed by atoms with E-state index in [1.165, 1.54) is 5.56 Å². The highest BCUT2D eigenvalue weighted by atomic mass is 79.9. The van der Waals surface area contributed by atoms with E-state index in [4.69, 9.17) is 0 Å². The van der Waals surface area contributed by atoms with Crippen molar-refractivity contribution in [3.8, 4) is 0 Å². The minimum absolute atomic E-state index is 0.853. The van der Waals surface area contributed by atoms with Crippen LogP contribution in [0.15, 0.2) is 47.3 Å². The third kappa shape index (κ3) is 4.90. The molecular formula is C15H19BrN4. The predicted octanol–water partition coefficient (Wildman–Crippen LogP) is 3.17. The molecule has 0 radical (unpaired) electrons. The molecule has 1 heterocycles. The molecule has 0 unspecified atom stereocenters. The maximum Gasteiger partial charge on any atom is 0.143 e. The molecule has 0 saturated carbocycles. The fourth-order valence-electron chi connectivity index (χ4n) is 1.97. The van der Waals surface area contributed by atoms with Gasteiger partial charge in [0.1, 0.15) is 12.1 Å². The van der Waals surface area contributed by atoms with Crippen LogP contribution in [0.25, 0.3) is 0 Å². The van der Waals surface area contributed by atoms with Crippen molar-refractivity contribution in [2.24, 2.45) is 0 Å². The molecule has 1 N–H and O–H groups in total. The Morgan fingerprint density at radius 2 is 2.05 bits per heavy atom. The minimum Gasteiger partial charge on any atom is -0.369 e. The molecule has 0 fully saturated rings. The van der Waals surface area contributed by atoms with Gasteiger partial charge in [-0.3, -0.25) is 0 Å². The number of hydrogen-bond acceptors (Lipinski definition) is 4. The molecular weight excluding hydrogens is 316 g/mol. The van der Waals surface area contributed by atoms with E-state index in [-0.39, 0.29) is 0 Å². The van der Waals surface area contributed by atoms with E-state index >= 15 is 0 Å². The molecule has 5 heteroatoms. The lowest BCUT2D eigenvalue weighted by Crippen LogP contribution is -2.21. The van der Waals surface area contributed by atoms with Crippen LogP contribution in [0.2, 0.25) is 0 Å². The van der Waals surface area contributed by atoms with Crippen molar-refractivity contribution in [3.05, 3.63) is 52.9 Å². The van der Waals surface area contributed by atoms with Gasteiger partial charge in [-0.1, -0.05) is 30.3 Å². The first-order valence-corrected chi connectivity index (χ1v) is 7.47. The zero-order chi connectivity index (χ0) is 14.2. The summed E-state index contributed by atoms with van der Waals surface area (Å²) in [6.45, 7) is 2.93. The fraction of sp³-hybridized carbons (Fsp3) is 0.333. The first kappa shape index (κ1) is 14.9. The Bertz CT molecular complexity index is 518. The number of aromatic nitrogens is 2. The number of halogens is 1. The Balaban J connectivity index is 1.67. The number of benzene rings is 1. The van der Waals surface area contributed by atoms with Crippen LogP contribution in [0.4, 0.5) is 5.82 Å². The molecule has 0 saturated heterocycles. The summed E-state index contributed by atoms with van der Waals surface area (Å²) < 4.78 is 0.901. The summed E-state index contributed by atoms with van der Waals surface area (Å²) in [7, 11) is 2.15. The largest absolute Gasteiger partial charge is 0.369 e. The SMILES string of the molecule is CN(CCCNc1ncncc1Br)Cc1ccccc1. The molecule has 0 bridgehead atoms. The summed E-state index contributed by atoms with van der Waals surface area (Å²) >= 11 is 3.42. The molecule has 106 valence electrons. The van der Waals surface area contributed by atoms with Gasteiger partial charge in [0.2, 0.25) is 0 Å². The van der Waals surface area contributed by atoms with Crippen molar-refractivity contribution in [2.45, 2.75) is 13.0 Å². The highest BCUT2D eigenvalue weighted by Gasteiger charge is 2.02. The molecule has 2 aromatic rings. The third-order valence-electron chi connectivity index (χ3n) is 2.97. The lowest BCUT2D eigenvalue weighted by atomic mass is 10.2. The zero-order valence-electron chi connectivity index (χ0n) is 11.6. The van der Waals surface area contributed by atoms with Crippen molar-refractivity contribution in [1.29, 1.82) is 0 Å². The van der Waals surface area contributed by atoms with E-state index in [1.54, 1.807) is 12.5 Å². The van der Waals surface area contributed by atoms with Gasteiger partial charge in [0.05, 0.1) is 4.47 Å². The van der Waals surface area contributed by atoms with Crippen molar-refractivity contribution in [1.82, 2.24) is 14.9 Å². The molecule has 20 heavy (non-hydrogen) atoms. The molecule has 2 rings (SSSR count). The van der Waals surface area contributed by atoms with Gasteiger partial charge >= 0.3 is 0 Å². The van der Waals surface area contributed by atoms with E-state index in [0.29, 0.717) is 0 Å². The Morgan fingerprint density at radius 3 is 2.80 bits per heavy atom. The average molecular weight is 335 g/mol. The highest BCUT2D eigenvalue weighted by molar-refractivity contribution is 9.10. The summed E-state index contributed by atoms with van der Waals surface area (Å²) in [5, 5.41) is 3.31. The van der Waals surface area contributed by atoms with Crippen LogP contribution >= 0.6 is 15.9 Å². The van der Waals surface area contributed by atoms with Crippen LogP contribution in [-0.2, 0) is 6.54 Å². The van der Waals surface area contributed by atoms with E-state index in [0.717, 1.165) is 36.3 Å². The summed E-state index contributed by atoms with van der Waals surface area (Å²) in [4.78, 5) is 10.4. The van der Waals surface area contributed by atoms with E-state index in [9.17, 15) is 0 Å². The lowest BCUT2D eigenvalue weighted by Gasteiger charge is -2.17. The van der Waals surface area contributed by atoms with E-state index < -0.39 is 0 Å². The van der Waals surface area contributed by atoms with E-state index in [2.05, 4.69) is 67.4 Å². The number of hydrogen-bond donors (Lipinski definition) is 1. The Morgan fingerprint density at radius 1 is 1.25 bits per heavy atom. The lowest BCUT2D eigenvalue weighted by molar-refractivity contribution is 0.325. The Kier molecular flexibility index (Phi) is 5.95. The quantitative estimate of drug-likeness (QED) is 0.789. The normalized spacial score (nSPS) is 10.8. The van der Waals surface area contributed by atoms with Crippen LogP contribution in [0.1, 0.15) is 12.0 Å². The molecule has 1 aromatic heterocycles. The smallest absolute Gasteiger partial charge is 0.143 e. The molecule has 0 spiro atoms. The summed E-state index contributed by atoms with van der Waals surface area (Å²) in [6.07, 6.45) is 4.37. The van der Waals surface area contributed by atoms with Gasteiger partial charge in [0, 0.05) is 19.3 Å². The summed E-state index contributed by atoms with van der Waals surface area (Å²) in [6, 6.07) is 10.5. The van der Waals surface area contributed by atoms with E-state index in [1.807, 2.05) is 6.07 Å². The Hall–Kier alpha value is -1.46. The number of rotatable bonds is 7. The van der Waals surface area contributed by atoms with Gasteiger partial charge in [-0.05, 0) is 41.5 Å². The molecule has 0 aliphatic carbocycles. The molecule has 0 aliphatic heterocycles. The summed E-state index contributed by atoms with van der Waals surface area (Å²) in [5.74, 6) is 0.853. The first-order valence-electron chi connectivity index (χ1n) is 6.67. The minimum atomic E-state index is 0.853. The van der Waals surface area contributed by atoms with Crippen LogP contribution in [0.3, 0.4) is 0 Å². The van der Waals surface area contributed by atoms with Crippen LogP contribution < -0.4 is 5.32 Å². The maximum atomic E-state index is 4.18. The first-order chi connectivity index (χ1) is 9.75. The zero-order valence-corrected chi connectivity index (χ0v) is 13.2. The molecule has 4 nitrogen and oxygen atoms in total. The second-order valence-electron chi connectivity index (χ2n) is 4.72. The number of nitrogens with one attached hydrogen (secondary N) is 1. The Labute approximate surface area is 128 Å². The number of nitrogens with zero attached hydrogens (tertiary/aromatic N) is 3. The van der Waals surface area contributed by atoms with Gasteiger partial charge < -0.3 is 10.2 Å². The van der Waals surface area contributed by atoms with Gasteiger partial charge in [0.15, 0.2) is 0 Å². The fourth-order valence-corrected chi connectivity index (χ4v) is 2.33. The van der Waals surface area contributed by atoms with Crippen LogP contribution in [0.5, 0.6) is 0 Å². The molecule has 0 amide bonds. The predicted molar refractivity (Wildman–Crippen MR) is 85.6 cm³/mol. The second-order valence-corrected chi connectivity index (χ2v) is 5.58. The van der Waals surface area contributed by atoms with Gasteiger partial charge in [-0.15, -0.1) is 0 Å². The monoisotopic (exact) mass is 334 g/mol. The van der Waals surface area contributed by atoms with Gasteiger partial charge in [-0.2, -0.15) is 0 Å². The van der Waals surface area contributed by atoms with Crippen molar-refractivity contribution < 1.29 is 0 Å². The van der Waals surface area contributed by atoms with Gasteiger partial charge in [-0.25, -0.2) is 9.97 Å². The summed E-state index contributed by atoms with van der Waals surface area (Å²) in [5.41, 5.74) is 1.35. The highest BCUT2D eigenvalue weighted by Crippen LogP contribution is 2.16. The van der Waals surface area contributed by atoms with Crippen LogP contribution in [0, 0.1) is 0 Å².